The van der Waals surface area contributed by atoms with Crippen molar-refractivity contribution in [2.24, 2.45) is 0 Å². The Balaban J connectivity index is 1.94. The van der Waals surface area contributed by atoms with E-state index >= 15 is 28.8 Å². The van der Waals surface area contributed by atoms with Gasteiger partial charge >= 0.3 is 0 Å². The number of nitrogens with one attached hydrogen (secondary N) is 6. The van der Waals surface area contributed by atoms with E-state index < -0.39 is 33.4 Å². The number of rotatable bonds is 24. The van der Waals surface area contributed by atoms with E-state index in [0.29, 0.717) is 66.5 Å². The second-order valence-electron chi connectivity index (χ2n) is 26.7. The van der Waals surface area contributed by atoms with Crippen LogP contribution in [0.1, 0.15) is 185 Å². The Hall–Kier alpha value is -8.10. The molecular weight excluding hydrogens is 1210 g/mol. The Labute approximate surface area is 562 Å². The lowest BCUT2D eigenvalue weighted by Gasteiger charge is -2.13. The van der Waals surface area contributed by atoms with E-state index in [0.717, 1.165) is 33.4 Å². The van der Waals surface area contributed by atoms with E-state index in [1.807, 2.05) is 156 Å². The fraction of sp³-hybridized carbons (Fsp3) is 0.462. The Morgan fingerprint density at radius 2 is 0.354 bits per heavy atom. The first kappa shape index (κ1) is 75.3. The third-order valence-corrected chi connectivity index (χ3v) is 17.9. The average Bonchev–Trinajstić information content (AvgIpc) is 0.822. The number of aromatic nitrogens is 6. The van der Waals surface area contributed by atoms with Gasteiger partial charge in [0.25, 0.3) is 33.4 Å². The molecule has 96 heavy (non-hydrogen) atoms. The fourth-order valence-corrected chi connectivity index (χ4v) is 12.0. The molecule has 18 heteroatoms. The van der Waals surface area contributed by atoms with Crippen LogP contribution < -0.4 is 33.4 Å². The van der Waals surface area contributed by atoms with Crippen molar-refractivity contribution in [3.8, 4) is 0 Å². The number of hydrogen-bond acceptors (Lipinski definition) is 12. The number of benzene rings is 6. The van der Waals surface area contributed by atoms with E-state index in [1.165, 1.54) is 0 Å². The first-order valence-electron chi connectivity index (χ1n) is 33.6. The van der Waals surface area contributed by atoms with Gasteiger partial charge in [0.05, 0.1) is 39.6 Å². The molecule has 0 atom stereocenters. The molecule has 0 amide bonds. The summed E-state index contributed by atoms with van der Waals surface area (Å²) in [4.78, 5) is 113. The third kappa shape index (κ3) is 18.3. The van der Waals surface area contributed by atoms with Crippen LogP contribution in [0.15, 0.2) is 102 Å². The molecule has 6 N–H and O–H groups in total. The van der Waals surface area contributed by atoms with Crippen LogP contribution in [0.25, 0.3) is 65.4 Å². The molecule has 7 aromatic rings. The van der Waals surface area contributed by atoms with Crippen molar-refractivity contribution >= 4 is 65.4 Å². The smallest absolute Gasteiger partial charge is 0.256 e. The van der Waals surface area contributed by atoms with Crippen LogP contribution in [0.2, 0.25) is 0 Å². The minimum Gasteiger partial charge on any atom is -0.384 e. The molecular formula is C78H102N6O12. The zero-order chi connectivity index (χ0) is 70.2. The number of hydrogen-bond donors (Lipinski definition) is 6. The molecule has 18 nitrogen and oxygen atoms in total. The van der Waals surface area contributed by atoms with Gasteiger partial charge in [-0.15, -0.1) is 0 Å². The zero-order valence-corrected chi connectivity index (χ0v) is 59.8. The van der Waals surface area contributed by atoms with Crippen LogP contribution in [-0.2, 0) is 66.9 Å². The zero-order valence-electron chi connectivity index (χ0n) is 59.8. The molecule has 0 aliphatic heterocycles. The summed E-state index contributed by atoms with van der Waals surface area (Å²) in [6, 6.07) is 22.4. The van der Waals surface area contributed by atoms with Crippen molar-refractivity contribution < 1.29 is 28.4 Å². The fourth-order valence-electron chi connectivity index (χ4n) is 12.0. The number of H-pyrrole nitrogens is 6. The van der Waals surface area contributed by atoms with Gasteiger partial charge in [0.1, 0.15) is 0 Å². The van der Waals surface area contributed by atoms with Gasteiger partial charge in [-0.2, -0.15) is 0 Å². The highest BCUT2D eigenvalue weighted by molar-refractivity contribution is 5.81. The predicted molar refractivity (Wildman–Crippen MR) is 393 cm³/mol. The van der Waals surface area contributed by atoms with E-state index in [4.69, 9.17) is 28.4 Å². The van der Waals surface area contributed by atoms with Crippen LogP contribution in [0.3, 0.4) is 0 Å². The monoisotopic (exact) mass is 1310 g/mol. The van der Waals surface area contributed by atoms with Crippen LogP contribution in [0.4, 0.5) is 0 Å². The maximum Gasteiger partial charge on any atom is 0.256 e. The molecule has 0 fully saturated rings. The van der Waals surface area contributed by atoms with Crippen molar-refractivity contribution in [2.75, 3.05) is 82.3 Å². The summed E-state index contributed by atoms with van der Waals surface area (Å²) >= 11 is 0. The molecule has 0 aliphatic rings. The van der Waals surface area contributed by atoms with Crippen molar-refractivity contribution in [3.05, 3.63) is 202 Å². The normalized spacial score (nSPS) is 11.8. The maximum atomic E-state index is 15.6. The number of methoxy groups -OCH3 is 6. The van der Waals surface area contributed by atoms with Crippen LogP contribution >= 0.6 is 0 Å². The molecule has 6 aromatic carbocycles. The van der Waals surface area contributed by atoms with Gasteiger partial charge in [-0.25, -0.2) is 0 Å². The van der Waals surface area contributed by atoms with Crippen molar-refractivity contribution in [2.45, 2.75) is 157 Å². The van der Waals surface area contributed by atoms with E-state index in [2.05, 4.69) is 29.9 Å². The van der Waals surface area contributed by atoms with Gasteiger partial charge in [-0.1, -0.05) is 83.1 Å². The summed E-state index contributed by atoms with van der Waals surface area (Å²) in [6.45, 7) is 25.3. The average molecular weight is 1320 g/mol. The standard InChI is InChI=1S/C78H102N6O12/c1-43(2)49-31-61-55(19-25-91-13)67(37-49)79-74(86)62-32-50(44(3)4)39-69(56(62)20-26-92-14)81-76(88)64-34-52(46(7)8)41-71(58(64)22-28-94-16)83-78(90)66-36-54(48(11)12)42-72(60(66)24-30-96-18)84-77(89)65-35-53(47(9)10)40-70(59(65)23-29-95-17)82-75(87)63-33-51(45(5)6)38-68(80-73(61)85)57(63)21-27-93-15/h31-48H,19-30H2,1-18H3,(H,79,86)(H,80,85)(H,81,88)(H,82,87)(H,83,90)(H,84,89). The minimum atomic E-state index is -0.481. The van der Waals surface area contributed by atoms with Crippen molar-refractivity contribution in [1.29, 1.82) is 0 Å². The number of ether oxygens (including phenoxy) is 6. The van der Waals surface area contributed by atoms with Crippen molar-refractivity contribution in [1.82, 2.24) is 29.9 Å². The lowest BCUT2D eigenvalue weighted by molar-refractivity contribution is 0.202. The summed E-state index contributed by atoms with van der Waals surface area (Å²) in [7, 11) is 9.45. The first-order valence-corrected chi connectivity index (χ1v) is 33.6. The largest absolute Gasteiger partial charge is 0.384 e. The Morgan fingerprint density at radius 1 is 0.229 bits per heavy atom. The highest BCUT2D eigenvalue weighted by Gasteiger charge is 2.19. The van der Waals surface area contributed by atoms with Gasteiger partial charge in [0.2, 0.25) is 0 Å². The van der Waals surface area contributed by atoms with Gasteiger partial charge in [0.15, 0.2) is 0 Å². The molecule has 7 rings (SSSR count). The van der Waals surface area contributed by atoms with Crippen LogP contribution in [0, 0.1) is 0 Å². The molecule has 0 unspecified atom stereocenters. The highest BCUT2D eigenvalue weighted by atomic mass is 16.5. The molecule has 1 aromatic heterocycles. The molecule has 0 saturated heterocycles. The second-order valence-corrected chi connectivity index (χ2v) is 26.7. The molecule has 0 radical (unpaired) electrons. The SMILES string of the molecule is COCCc1c2cc(C(C)C)cc1c(=O)[nH]c1cc(C(C)C)cc(c1CCOC)c(=O)[nH]c1cc(C(C)C)cc(c1CCOC)c(=O)[nH]c1cc(C(C)C)cc(c1CCOC)c(=O)[nH]c1cc(C(C)C)cc(c1CCOC)c(=O)[nH]c1cc(C(C)C)cc(c1CCOC)c(=O)[nH]2. The molecule has 0 spiro atoms. The van der Waals surface area contributed by atoms with Gasteiger partial charge < -0.3 is 58.3 Å². The highest BCUT2D eigenvalue weighted by Crippen LogP contribution is 2.30. The summed E-state index contributed by atoms with van der Waals surface area (Å²) < 4.78 is 34.2. The Kier molecular flexibility index (Phi) is 27.2. The lowest BCUT2D eigenvalue weighted by Crippen LogP contribution is -2.15. The number of aromatic amines is 6. The van der Waals surface area contributed by atoms with Crippen LogP contribution in [-0.4, -0.2) is 112 Å². The summed E-state index contributed by atoms with van der Waals surface area (Å²) in [5.41, 5.74) is 7.16. The van der Waals surface area contributed by atoms with Gasteiger partial charge in [-0.05, 0) is 214 Å². The minimum absolute atomic E-state index is 0.111. The summed E-state index contributed by atoms with van der Waals surface area (Å²) in [5, 5.41) is 1.73. The van der Waals surface area contributed by atoms with Gasteiger partial charge in [0, 0.05) is 108 Å². The maximum absolute atomic E-state index is 15.6. The molecule has 0 aliphatic carbocycles. The summed E-state index contributed by atoms with van der Waals surface area (Å²) in [6.07, 6.45) is 1.32. The van der Waals surface area contributed by atoms with Crippen LogP contribution in [0.5, 0.6) is 0 Å². The molecule has 1 heterocycles. The van der Waals surface area contributed by atoms with Crippen molar-refractivity contribution in [3.63, 3.8) is 0 Å². The first-order chi connectivity index (χ1) is 45.8. The Morgan fingerprint density at radius 3 is 0.458 bits per heavy atom. The predicted octanol–water partition coefficient (Wildman–Crippen LogP) is 13.7. The number of fused-ring (bicyclic) bond motifs is 12. The third-order valence-electron chi connectivity index (χ3n) is 17.9. The topological polar surface area (TPSA) is 253 Å². The molecule has 12 bridgehead atoms. The molecule has 0 saturated carbocycles. The van der Waals surface area contributed by atoms with E-state index in [9.17, 15) is 0 Å². The molecule has 516 valence electrons. The second kappa shape index (κ2) is 34.7. The summed E-state index contributed by atoms with van der Waals surface area (Å²) in [5.74, 6) is -0.668. The van der Waals surface area contributed by atoms with Gasteiger partial charge in [-0.3, -0.25) is 28.8 Å². The quantitative estimate of drug-likeness (QED) is 0.0330. The van der Waals surface area contributed by atoms with E-state index in [-0.39, 0.29) is 146 Å². The van der Waals surface area contributed by atoms with E-state index in [1.54, 1.807) is 42.7 Å². The Bertz CT molecular complexity index is 3930. The lowest BCUT2D eigenvalue weighted by atomic mass is 9.95.